The normalized spacial score (nSPS) is 15.3. The molecule has 4 heteroatoms. The Hall–Kier alpha value is -3.24. The highest BCUT2D eigenvalue weighted by Crippen LogP contribution is 2.35. The van der Waals surface area contributed by atoms with Gasteiger partial charge in [-0.1, -0.05) is 60.7 Å². The molecule has 1 heterocycles. The summed E-state index contributed by atoms with van der Waals surface area (Å²) >= 11 is 0. The molecule has 3 aromatic rings. The van der Waals surface area contributed by atoms with Gasteiger partial charge in [-0.05, 0) is 42.7 Å². The molecule has 31 heavy (non-hydrogen) atoms. The Kier molecular flexibility index (Phi) is 6.01. The van der Waals surface area contributed by atoms with Crippen LogP contribution in [0.25, 0.3) is 0 Å². The fraction of sp³-hybridized carbons (Fsp3) is 0.259. The van der Waals surface area contributed by atoms with Crippen molar-refractivity contribution in [1.82, 2.24) is 0 Å². The number of aryl methyl sites for hydroxylation is 2. The molecule has 0 amide bonds. The van der Waals surface area contributed by atoms with Gasteiger partial charge in [0.2, 0.25) is 0 Å². The summed E-state index contributed by atoms with van der Waals surface area (Å²) in [7, 11) is 0. The zero-order valence-electron chi connectivity index (χ0n) is 18.1. The van der Waals surface area contributed by atoms with Crippen molar-refractivity contribution in [1.29, 1.82) is 0 Å². The van der Waals surface area contributed by atoms with E-state index in [0.717, 1.165) is 42.6 Å². The second-order valence-corrected chi connectivity index (χ2v) is 8.29. The van der Waals surface area contributed by atoms with Crippen molar-refractivity contribution < 1.29 is 19.6 Å². The van der Waals surface area contributed by atoms with E-state index >= 15 is 0 Å². The number of benzene rings is 3. The Morgan fingerprint density at radius 2 is 1.45 bits per heavy atom. The van der Waals surface area contributed by atoms with Crippen LogP contribution in [0.3, 0.4) is 0 Å². The second-order valence-electron chi connectivity index (χ2n) is 8.29. The molecule has 0 bridgehead atoms. The Balaban J connectivity index is 1.67. The van der Waals surface area contributed by atoms with E-state index in [1.807, 2.05) is 62.4 Å². The lowest BCUT2D eigenvalue weighted by atomic mass is 9.84. The van der Waals surface area contributed by atoms with E-state index in [0.29, 0.717) is 16.7 Å². The van der Waals surface area contributed by atoms with Crippen molar-refractivity contribution in [3.63, 3.8) is 0 Å². The molecule has 0 spiro atoms. The lowest BCUT2D eigenvalue weighted by Gasteiger charge is -2.36. The molecule has 4 nitrogen and oxygen atoms in total. The molecule has 1 fully saturated rings. The summed E-state index contributed by atoms with van der Waals surface area (Å²) in [5, 5.41) is 2.24. The summed E-state index contributed by atoms with van der Waals surface area (Å²) in [6.07, 6.45) is 1.49. The zero-order valence-corrected chi connectivity index (χ0v) is 18.1. The van der Waals surface area contributed by atoms with Gasteiger partial charge < -0.3 is 10.1 Å². The first-order valence-corrected chi connectivity index (χ1v) is 10.8. The zero-order chi connectivity index (χ0) is 21.8. The Morgan fingerprint density at radius 1 is 0.806 bits per heavy atom. The first-order valence-electron chi connectivity index (χ1n) is 10.8. The summed E-state index contributed by atoms with van der Waals surface area (Å²) in [6.45, 7) is 5.78. The third-order valence-electron chi connectivity index (χ3n) is 6.25. The number of rotatable bonds is 5. The fourth-order valence-corrected chi connectivity index (χ4v) is 4.26. The van der Waals surface area contributed by atoms with E-state index < -0.39 is 11.6 Å². The van der Waals surface area contributed by atoms with Crippen LogP contribution < -0.4 is 5.32 Å². The average molecular weight is 415 g/mol. The maximum Gasteiger partial charge on any atom is 0.339 e. The summed E-state index contributed by atoms with van der Waals surface area (Å²) in [6, 6.07) is 22.5. The van der Waals surface area contributed by atoms with Gasteiger partial charge in [0.05, 0.1) is 18.7 Å². The average Bonchev–Trinajstić information content (AvgIpc) is 2.81. The minimum atomic E-state index is -0.663. The van der Waals surface area contributed by atoms with Crippen LogP contribution in [0.2, 0.25) is 0 Å². The third-order valence-corrected chi connectivity index (χ3v) is 6.25. The van der Waals surface area contributed by atoms with Crippen LogP contribution in [0, 0.1) is 13.8 Å². The minimum Gasteiger partial charge on any atom is -0.450 e. The molecule has 0 aliphatic carbocycles. The van der Waals surface area contributed by atoms with Crippen LogP contribution in [-0.4, -0.2) is 24.8 Å². The number of nitrogens with two attached hydrogens (primary N) is 1. The standard InChI is InChI=1S/C27H27NO3/c1-19-12-13-21(18-20(19)2)25(29)23-10-6-7-11-24(23)26(30)31-27(14-16-28-17-15-27)22-8-4-3-5-9-22/h3-13,18,28H,14-17H2,1-2H3/p+1. The summed E-state index contributed by atoms with van der Waals surface area (Å²) in [5.41, 5.74) is 3.79. The lowest BCUT2D eigenvalue weighted by molar-refractivity contribution is -0.668. The molecule has 0 radical (unpaired) electrons. The first kappa shape index (κ1) is 21.0. The van der Waals surface area contributed by atoms with Crippen LogP contribution in [0.15, 0.2) is 72.8 Å². The predicted octanol–water partition coefficient (Wildman–Crippen LogP) is 3.94. The van der Waals surface area contributed by atoms with Crippen molar-refractivity contribution in [3.8, 4) is 0 Å². The van der Waals surface area contributed by atoms with Gasteiger partial charge in [-0.25, -0.2) is 4.79 Å². The van der Waals surface area contributed by atoms with Crippen LogP contribution >= 0.6 is 0 Å². The third kappa shape index (κ3) is 4.30. The molecular formula is C27H28NO3+. The van der Waals surface area contributed by atoms with Crippen LogP contribution in [0.5, 0.6) is 0 Å². The molecule has 0 saturated carbocycles. The molecule has 0 atom stereocenters. The van der Waals surface area contributed by atoms with E-state index in [2.05, 4.69) is 5.32 Å². The summed E-state index contributed by atoms with van der Waals surface area (Å²) in [5.74, 6) is -0.611. The molecule has 2 N–H and O–H groups in total. The topological polar surface area (TPSA) is 60.0 Å². The van der Waals surface area contributed by atoms with E-state index in [-0.39, 0.29) is 5.78 Å². The van der Waals surface area contributed by atoms with Crippen molar-refractivity contribution in [2.24, 2.45) is 0 Å². The highest BCUT2D eigenvalue weighted by atomic mass is 16.6. The van der Waals surface area contributed by atoms with Crippen LogP contribution in [0.4, 0.5) is 0 Å². The number of carbonyl (C=O) groups excluding carboxylic acids is 2. The maximum atomic E-state index is 13.4. The second kappa shape index (κ2) is 8.86. The number of hydrogen-bond acceptors (Lipinski definition) is 3. The van der Waals surface area contributed by atoms with Crippen LogP contribution in [-0.2, 0) is 10.3 Å². The van der Waals surface area contributed by atoms with Crippen molar-refractivity contribution >= 4 is 11.8 Å². The van der Waals surface area contributed by atoms with Crippen LogP contribution in [0.1, 0.15) is 55.8 Å². The number of quaternary nitrogens is 1. The number of piperidine rings is 1. The van der Waals surface area contributed by atoms with Gasteiger partial charge in [0, 0.05) is 24.0 Å². The smallest absolute Gasteiger partial charge is 0.339 e. The highest BCUT2D eigenvalue weighted by Gasteiger charge is 2.40. The lowest BCUT2D eigenvalue weighted by Crippen LogP contribution is -2.87. The van der Waals surface area contributed by atoms with E-state index in [1.165, 1.54) is 0 Å². The summed E-state index contributed by atoms with van der Waals surface area (Å²) < 4.78 is 6.21. The largest absolute Gasteiger partial charge is 0.450 e. The minimum absolute atomic E-state index is 0.165. The van der Waals surface area contributed by atoms with Gasteiger partial charge in [-0.15, -0.1) is 0 Å². The van der Waals surface area contributed by atoms with E-state index in [1.54, 1.807) is 24.3 Å². The number of ether oxygens (including phenoxy) is 1. The Morgan fingerprint density at radius 3 is 2.13 bits per heavy atom. The van der Waals surface area contributed by atoms with Gasteiger partial charge in [0.15, 0.2) is 5.78 Å². The molecular weight excluding hydrogens is 386 g/mol. The Bertz CT molecular complexity index is 1100. The molecule has 1 aliphatic rings. The Labute approximate surface area is 183 Å². The molecule has 3 aromatic carbocycles. The van der Waals surface area contributed by atoms with E-state index in [9.17, 15) is 9.59 Å². The quantitative estimate of drug-likeness (QED) is 0.508. The first-order chi connectivity index (χ1) is 15.0. The predicted molar refractivity (Wildman–Crippen MR) is 120 cm³/mol. The van der Waals surface area contributed by atoms with Crippen molar-refractivity contribution in [2.45, 2.75) is 32.3 Å². The SMILES string of the molecule is Cc1ccc(C(=O)c2ccccc2C(=O)OC2(c3ccccc3)CC[NH2+]CC2)cc1C. The maximum absolute atomic E-state index is 13.4. The van der Waals surface area contributed by atoms with Gasteiger partial charge in [-0.2, -0.15) is 0 Å². The van der Waals surface area contributed by atoms with Crippen molar-refractivity contribution in [3.05, 3.63) is 106 Å². The molecule has 0 unspecified atom stereocenters. The number of ketones is 1. The van der Waals surface area contributed by atoms with Gasteiger partial charge in [0.25, 0.3) is 0 Å². The van der Waals surface area contributed by atoms with Gasteiger partial charge in [-0.3, -0.25) is 4.79 Å². The van der Waals surface area contributed by atoms with Gasteiger partial charge in [0.1, 0.15) is 5.60 Å². The van der Waals surface area contributed by atoms with E-state index in [4.69, 9.17) is 4.74 Å². The molecule has 4 rings (SSSR count). The highest BCUT2D eigenvalue weighted by molar-refractivity contribution is 6.14. The number of esters is 1. The van der Waals surface area contributed by atoms with Gasteiger partial charge >= 0.3 is 5.97 Å². The molecule has 1 saturated heterocycles. The number of carbonyl (C=O) groups is 2. The molecule has 0 aromatic heterocycles. The number of hydrogen-bond donors (Lipinski definition) is 1. The molecule has 158 valence electrons. The fourth-order valence-electron chi connectivity index (χ4n) is 4.26. The monoisotopic (exact) mass is 414 g/mol. The summed E-state index contributed by atoms with van der Waals surface area (Å²) in [4.78, 5) is 26.6. The molecule has 1 aliphatic heterocycles. The van der Waals surface area contributed by atoms with Crippen molar-refractivity contribution in [2.75, 3.05) is 13.1 Å².